The SMILES string of the molecule is CCC(C)C(C)N1C[C@@H]2CCN[C@@H]2C1. The number of nitrogens with zero attached hydrogens (tertiary/aromatic N) is 1. The molecular formula is C12H24N2. The van der Waals surface area contributed by atoms with Gasteiger partial charge in [-0.1, -0.05) is 20.3 Å². The van der Waals surface area contributed by atoms with Crippen LogP contribution in [0.3, 0.4) is 0 Å². The standard InChI is InChI=1S/C12H24N2/c1-4-9(2)10(3)14-7-11-5-6-13-12(11)8-14/h9-13H,4-8H2,1-3H3/t9?,10?,11-,12+/m0/s1. The quantitative estimate of drug-likeness (QED) is 0.739. The molecule has 2 heterocycles. The van der Waals surface area contributed by atoms with Crippen molar-refractivity contribution in [2.24, 2.45) is 11.8 Å². The molecule has 0 amide bonds. The lowest BCUT2D eigenvalue weighted by atomic mass is 9.99. The first-order chi connectivity index (χ1) is 6.72. The second-order valence-corrected chi connectivity index (χ2v) is 5.19. The number of hydrogen-bond acceptors (Lipinski definition) is 2. The van der Waals surface area contributed by atoms with Crippen molar-refractivity contribution in [1.29, 1.82) is 0 Å². The van der Waals surface area contributed by atoms with Crippen molar-refractivity contribution >= 4 is 0 Å². The number of nitrogens with one attached hydrogen (secondary N) is 1. The summed E-state index contributed by atoms with van der Waals surface area (Å²) < 4.78 is 0. The Labute approximate surface area is 88.1 Å². The third-order valence-corrected chi connectivity index (χ3v) is 4.43. The van der Waals surface area contributed by atoms with E-state index in [0.717, 1.165) is 23.9 Å². The lowest BCUT2D eigenvalue weighted by Gasteiger charge is -2.29. The minimum atomic E-state index is 0.771. The van der Waals surface area contributed by atoms with Gasteiger partial charge >= 0.3 is 0 Å². The minimum absolute atomic E-state index is 0.771. The second-order valence-electron chi connectivity index (χ2n) is 5.19. The molecule has 82 valence electrons. The number of hydrogen-bond donors (Lipinski definition) is 1. The monoisotopic (exact) mass is 196 g/mol. The molecule has 4 atom stereocenters. The Hall–Kier alpha value is -0.0800. The molecule has 0 saturated carbocycles. The Morgan fingerprint density at radius 2 is 2.14 bits per heavy atom. The van der Waals surface area contributed by atoms with E-state index in [9.17, 15) is 0 Å². The molecule has 2 aliphatic rings. The van der Waals surface area contributed by atoms with Gasteiger partial charge in [0.15, 0.2) is 0 Å². The smallest absolute Gasteiger partial charge is 0.0236 e. The van der Waals surface area contributed by atoms with Gasteiger partial charge in [-0.05, 0) is 31.7 Å². The van der Waals surface area contributed by atoms with Gasteiger partial charge in [0.2, 0.25) is 0 Å². The third-order valence-electron chi connectivity index (χ3n) is 4.43. The van der Waals surface area contributed by atoms with Crippen molar-refractivity contribution in [1.82, 2.24) is 10.2 Å². The van der Waals surface area contributed by atoms with E-state index in [1.54, 1.807) is 0 Å². The Morgan fingerprint density at radius 1 is 1.36 bits per heavy atom. The van der Waals surface area contributed by atoms with Crippen LogP contribution in [0.2, 0.25) is 0 Å². The van der Waals surface area contributed by atoms with Gasteiger partial charge in [-0.15, -0.1) is 0 Å². The van der Waals surface area contributed by atoms with Crippen LogP contribution in [0.15, 0.2) is 0 Å². The second kappa shape index (κ2) is 4.19. The summed E-state index contributed by atoms with van der Waals surface area (Å²) in [5.74, 6) is 1.79. The highest BCUT2D eigenvalue weighted by atomic mass is 15.2. The summed E-state index contributed by atoms with van der Waals surface area (Å²) in [6.07, 6.45) is 2.70. The summed E-state index contributed by atoms with van der Waals surface area (Å²) in [6, 6.07) is 1.58. The van der Waals surface area contributed by atoms with Crippen LogP contribution in [0.1, 0.15) is 33.6 Å². The Bertz CT molecular complexity index is 181. The molecule has 2 rings (SSSR count). The van der Waals surface area contributed by atoms with Crippen LogP contribution in [0.25, 0.3) is 0 Å². The minimum Gasteiger partial charge on any atom is -0.312 e. The fraction of sp³-hybridized carbons (Fsp3) is 1.00. The average Bonchev–Trinajstić information content (AvgIpc) is 2.74. The lowest BCUT2D eigenvalue weighted by Crippen LogP contribution is -2.38. The van der Waals surface area contributed by atoms with Gasteiger partial charge in [-0.3, -0.25) is 4.90 Å². The number of fused-ring (bicyclic) bond motifs is 1. The fourth-order valence-electron chi connectivity index (χ4n) is 2.92. The molecule has 2 aliphatic heterocycles. The van der Waals surface area contributed by atoms with Gasteiger partial charge < -0.3 is 5.32 Å². The lowest BCUT2D eigenvalue weighted by molar-refractivity contribution is 0.184. The maximum absolute atomic E-state index is 3.62. The summed E-state index contributed by atoms with van der Waals surface area (Å²) in [5.41, 5.74) is 0. The topological polar surface area (TPSA) is 15.3 Å². The molecule has 0 spiro atoms. The highest BCUT2D eigenvalue weighted by Gasteiger charge is 2.38. The predicted octanol–water partition coefficient (Wildman–Crippen LogP) is 1.71. The van der Waals surface area contributed by atoms with Gasteiger partial charge in [-0.25, -0.2) is 0 Å². The number of likely N-dealkylation sites (tertiary alicyclic amines) is 1. The van der Waals surface area contributed by atoms with Crippen LogP contribution >= 0.6 is 0 Å². The summed E-state index contributed by atoms with van der Waals surface area (Å²) in [4.78, 5) is 2.69. The van der Waals surface area contributed by atoms with E-state index in [0.29, 0.717) is 0 Å². The first-order valence-corrected chi connectivity index (χ1v) is 6.19. The zero-order valence-electron chi connectivity index (χ0n) is 9.79. The normalized spacial score (nSPS) is 37.1. The molecule has 2 saturated heterocycles. The Morgan fingerprint density at radius 3 is 2.79 bits per heavy atom. The van der Waals surface area contributed by atoms with Crippen molar-refractivity contribution in [2.75, 3.05) is 19.6 Å². The van der Waals surface area contributed by atoms with E-state index in [4.69, 9.17) is 0 Å². The molecule has 0 aromatic rings. The molecule has 0 aromatic heterocycles. The average molecular weight is 196 g/mol. The van der Waals surface area contributed by atoms with E-state index < -0.39 is 0 Å². The molecular weight excluding hydrogens is 172 g/mol. The van der Waals surface area contributed by atoms with Gasteiger partial charge in [-0.2, -0.15) is 0 Å². The first kappa shape index (κ1) is 10.4. The van der Waals surface area contributed by atoms with E-state index in [-0.39, 0.29) is 0 Å². The van der Waals surface area contributed by atoms with Gasteiger partial charge in [0, 0.05) is 25.2 Å². The van der Waals surface area contributed by atoms with Gasteiger partial charge in [0.1, 0.15) is 0 Å². The zero-order chi connectivity index (χ0) is 10.1. The van der Waals surface area contributed by atoms with Gasteiger partial charge in [0.25, 0.3) is 0 Å². The highest BCUT2D eigenvalue weighted by Crippen LogP contribution is 2.28. The van der Waals surface area contributed by atoms with E-state index >= 15 is 0 Å². The molecule has 0 aromatic carbocycles. The molecule has 1 N–H and O–H groups in total. The van der Waals surface area contributed by atoms with E-state index in [1.165, 1.54) is 32.5 Å². The maximum atomic E-state index is 3.62. The molecule has 0 aliphatic carbocycles. The van der Waals surface area contributed by atoms with Crippen LogP contribution in [-0.2, 0) is 0 Å². The third kappa shape index (κ3) is 1.82. The van der Waals surface area contributed by atoms with Crippen LogP contribution < -0.4 is 5.32 Å². The highest BCUT2D eigenvalue weighted by molar-refractivity contribution is 4.95. The first-order valence-electron chi connectivity index (χ1n) is 6.19. The van der Waals surface area contributed by atoms with Crippen LogP contribution in [-0.4, -0.2) is 36.6 Å². The summed E-state index contributed by atoms with van der Waals surface area (Å²) in [7, 11) is 0. The maximum Gasteiger partial charge on any atom is 0.0236 e. The number of rotatable bonds is 3. The Balaban J connectivity index is 1.89. The largest absolute Gasteiger partial charge is 0.312 e. The molecule has 14 heavy (non-hydrogen) atoms. The van der Waals surface area contributed by atoms with E-state index in [1.807, 2.05) is 0 Å². The van der Waals surface area contributed by atoms with Crippen LogP contribution in [0.5, 0.6) is 0 Å². The predicted molar refractivity (Wildman–Crippen MR) is 60.4 cm³/mol. The van der Waals surface area contributed by atoms with E-state index in [2.05, 4.69) is 31.0 Å². The zero-order valence-corrected chi connectivity index (χ0v) is 9.79. The fourth-order valence-corrected chi connectivity index (χ4v) is 2.92. The molecule has 2 fully saturated rings. The summed E-state index contributed by atoms with van der Waals surface area (Å²) in [6.45, 7) is 11.0. The van der Waals surface area contributed by atoms with Crippen molar-refractivity contribution in [3.05, 3.63) is 0 Å². The molecule has 0 bridgehead atoms. The van der Waals surface area contributed by atoms with Crippen molar-refractivity contribution in [2.45, 2.75) is 45.7 Å². The van der Waals surface area contributed by atoms with Gasteiger partial charge in [0.05, 0.1) is 0 Å². The van der Waals surface area contributed by atoms with Crippen molar-refractivity contribution in [3.8, 4) is 0 Å². The van der Waals surface area contributed by atoms with Crippen LogP contribution in [0.4, 0.5) is 0 Å². The molecule has 2 nitrogen and oxygen atoms in total. The molecule has 2 unspecified atom stereocenters. The van der Waals surface area contributed by atoms with Crippen molar-refractivity contribution in [3.63, 3.8) is 0 Å². The summed E-state index contributed by atoms with van der Waals surface area (Å²) in [5, 5.41) is 3.62. The molecule has 0 radical (unpaired) electrons. The molecule has 2 heteroatoms. The van der Waals surface area contributed by atoms with Crippen molar-refractivity contribution < 1.29 is 0 Å². The van der Waals surface area contributed by atoms with Crippen LogP contribution in [0, 0.1) is 11.8 Å². The summed E-state index contributed by atoms with van der Waals surface area (Å²) >= 11 is 0. The Kier molecular flexibility index (Phi) is 3.13.